The summed E-state index contributed by atoms with van der Waals surface area (Å²) in [6.07, 6.45) is 4.69. The number of allylic oxidation sites excluding steroid dienone is 1. The highest BCUT2D eigenvalue weighted by Crippen LogP contribution is 2.38. The van der Waals surface area contributed by atoms with Gasteiger partial charge in [0.2, 0.25) is 8.32 Å². The molecule has 0 aliphatic rings. The molecule has 0 aromatic heterocycles. The molecule has 0 aromatic rings. The van der Waals surface area contributed by atoms with Crippen LogP contribution in [0.4, 0.5) is 0 Å². The summed E-state index contributed by atoms with van der Waals surface area (Å²) in [6.45, 7) is 18.6. The summed E-state index contributed by atoms with van der Waals surface area (Å²) < 4.78 is 6.51. The van der Waals surface area contributed by atoms with Crippen molar-refractivity contribution in [2.24, 2.45) is 0 Å². The van der Waals surface area contributed by atoms with Crippen LogP contribution in [0.2, 0.25) is 17.1 Å². The van der Waals surface area contributed by atoms with E-state index in [1.165, 1.54) is 0 Å². The molecule has 18 heavy (non-hydrogen) atoms. The molecule has 0 radical (unpaired) electrons. The van der Waals surface area contributed by atoms with Crippen molar-refractivity contribution in [2.45, 2.75) is 64.3 Å². The molecule has 1 unspecified atom stereocenters. The molecule has 0 amide bonds. The van der Waals surface area contributed by atoms with E-state index in [0.29, 0.717) is 11.1 Å². The third-order valence-electron chi connectivity index (χ3n) is 3.47. The smallest absolute Gasteiger partial charge is 0.203 e. The van der Waals surface area contributed by atoms with Gasteiger partial charge in [-0.2, -0.15) is 0 Å². The van der Waals surface area contributed by atoms with Gasteiger partial charge in [-0.05, 0) is 24.1 Å². The van der Waals surface area contributed by atoms with Gasteiger partial charge in [-0.3, -0.25) is 0 Å². The Morgan fingerprint density at radius 2 is 1.67 bits per heavy atom. The molecule has 0 N–H and O–H groups in total. The van der Waals surface area contributed by atoms with Crippen LogP contribution in [0.15, 0.2) is 25.3 Å². The minimum Gasteiger partial charge on any atom is -0.402 e. The van der Waals surface area contributed by atoms with Crippen molar-refractivity contribution in [1.29, 1.82) is 0 Å². The highest BCUT2D eigenvalue weighted by atomic mass is 28.4. The van der Waals surface area contributed by atoms with Gasteiger partial charge in [-0.1, -0.05) is 45.8 Å². The lowest BCUT2D eigenvalue weighted by molar-refractivity contribution is 0.234. The summed E-state index contributed by atoms with van der Waals surface area (Å²) in [7, 11) is -1.86. The van der Waals surface area contributed by atoms with Gasteiger partial charge in [0, 0.05) is 6.42 Å². The van der Waals surface area contributed by atoms with E-state index in [1.54, 1.807) is 0 Å². The van der Waals surface area contributed by atoms with Gasteiger partial charge in [0.15, 0.2) is 0 Å². The van der Waals surface area contributed by atoms with Crippen LogP contribution < -0.4 is 0 Å². The van der Waals surface area contributed by atoms with Crippen LogP contribution in [0.3, 0.4) is 0 Å². The normalized spacial score (nSPS) is 13.1. The van der Waals surface area contributed by atoms with Crippen LogP contribution in [-0.2, 0) is 4.43 Å². The van der Waals surface area contributed by atoms with Crippen LogP contribution >= 0.6 is 0 Å². The van der Waals surface area contributed by atoms with Crippen molar-refractivity contribution >= 4 is 8.32 Å². The van der Waals surface area contributed by atoms with E-state index >= 15 is 0 Å². The second kappa shape index (κ2) is 8.34. The average Bonchev–Trinajstić information content (AvgIpc) is 2.28. The Bertz CT molecular complexity index is 312. The minimum absolute atomic E-state index is 0.0103. The Labute approximate surface area is 114 Å². The van der Waals surface area contributed by atoms with Gasteiger partial charge >= 0.3 is 0 Å². The average molecular weight is 264 g/mol. The molecule has 1 atom stereocenters. The fourth-order valence-electron chi connectivity index (χ4n) is 2.40. The monoisotopic (exact) mass is 264 g/mol. The zero-order valence-electron chi connectivity index (χ0n) is 12.6. The molecule has 0 saturated heterocycles. The van der Waals surface area contributed by atoms with Gasteiger partial charge in [0.1, 0.15) is 6.10 Å². The molecule has 1 nitrogen and oxygen atoms in total. The third kappa shape index (κ3) is 4.47. The highest BCUT2D eigenvalue weighted by molar-refractivity contribution is 6.76. The Morgan fingerprint density at radius 1 is 1.11 bits per heavy atom. The largest absolute Gasteiger partial charge is 0.402 e. The lowest BCUT2D eigenvalue weighted by atomic mass is 10.2. The molecule has 0 aliphatic carbocycles. The molecule has 0 spiro atoms. The lowest BCUT2D eigenvalue weighted by Crippen LogP contribution is -2.46. The summed E-state index contributed by atoms with van der Waals surface area (Å²) >= 11 is 0. The predicted molar refractivity (Wildman–Crippen MR) is 84.1 cm³/mol. The summed E-state index contributed by atoms with van der Waals surface area (Å²) in [5.41, 5.74) is 1.11. The topological polar surface area (TPSA) is 9.23 Å². The standard InChI is InChI=1S/C16H28OSi/c1-8-11-16(12-9-2)17-18(13-10-3,14(4)5)15(6)7/h8,10,14-16H,1,3,11,13H2,2,4-7H3. The Balaban J connectivity index is 5.20. The Kier molecular flexibility index (Phi) is 7.98. The fraction of sp³-hybridized carbons (Fsp3) is 0.625. The number of hydrogen-bond acceptors (Lipinski definition) is 1. The number of rotatable bonds is 8. The van der Waals surface area contributed by atoms with Crippen LogP contribution in [-0.4, -0.2) is 14.4 Å². The van der Waals surface area contributed by atoms with Crippen molar-refractivity contribution < 1.29 is 4.43 Å². The van der Waals surface area contributed by atoms with Crippen molar-refractivity contribution in [2.75, 3.05) is 0 Å². The van der Waals surface area contributed by atoms with Gasteiger partial charge < -0.3 is 4.43 Å². The summed E-state index contributed by atoms with van der Waals surface area (Å²) in [5, 5.41) is 0. The molecular formula is C16H28OSi. The van der Waals surface area contributed by atoms with Crippen LogP contribution in [0.25, 0.3) is 0 Å². The lowest BCUT2D eigenvalue weighted by Gasteiger charge is -2.39. The van der Waals surface area contributed by atoms with E-state index < -0.39 is 8.32 Å². The first-order valence-corrected chi connectivity index (χ1v) is 9.03. The predicted octanol–water partition coefficient (Wildman–Crippen LogP) is 4.92. The maximum atomic E-state index is 6.51. The first-order chi connectivity index (χ1) is 8.44. The van der Waals surface area contributed by atoms with Crippen molar-refractivity contribution in [3.8, 4) is 11.8 Å². The molecule has 0 rings (SSSR count). The maximum Gasteiger partial charge on any atom is 0.203 e. The molecule has 0 saturated carbocycles. The van der Waals surface area contributed by atoms with Gasteiger partial charge in [0.05, 0.1) is 0 Å². The fourth-order valence-corrected chi connectivity index (χ4v) is 6.45. The van der Waals surface area contributed by atoms with Gasteiger partial charge in [-0.15, -0.1) is 19.1 Å². The molecule has 0 aliphatic heterocycles. The third-order valence-corrected chi connectivity index (χ3v) is 9.02. The second-order valence-corrected chi connectivity index (χ2v) is 10.1. The van der Waals surface area contributed by atoms with E-state index in [1.807, 2.05) is 19.1 Å². The van der Waals surface area contributed by atoms with Gasteiger partial charge in [-0.25, -0.2) is 0 Å². The summed E-state index contributed by atoms with van der Waals surface area (Å²) in [4.78, 5) is 0. The van der Waals surface area contributed by atoms with E-state index in [2.05, 4.69) is 52.7 Å². The molecule has 102 valence electrons. The van der Waals surface area contributed by atoms with E-state index in [-0.39, 0.29) is 6.10 Å². The molecule has 0 fully saturated rings. The number of hydrogen-bond donors (Lipinski definition) is 0. The first-order valence-electron chi connectivity index (χ1n) is 6.76. The first kappa shape index (κ1) is 17.2. The van der Waals surface area contributed by atoms with Gasteiger partial charge in [0.25, 0.3) is 0 Å². The zero-order chi connectivity index (χ0) is 14.2. The highest BCUT2D eigenvalue weighted by Gasteiger charge is 2.42. The maximum absolute atomic E-state index is 6.51. The van der Waals surface area contributed by atoms with Crippen molar-refractivity contribution in [1.82, 2.24) is 0 Å². The van der Waals surface area contributed by atoms with Crippen molar-refractivity contribution in [3.05, 3.63) is 25.3 Å². The molecule has 2 heteroatoms. The van der Waals surface area contributed by atoms with E-state index in [4.69, 9.17) is 4.43 Å². The van der Waals surface area contributed by atoms with Crippen LogP contribution in [0.1, 0.15) is 41.0 Å². The molecular weight excluding hydrogens is 236 g/mol. The molecule has 0 bridgehead atoms. The van der Waals surface area contributed by atoms with Crippen LogP contribution in [0, 0.1) is 11.8 Å². The minimum atomic E-state index is -1.86. The Hall–Kier alpha value is -0.783. The molecule has 0 heterocycles. The summed E-state index contributed by atoms with van der Waals surface area (Å²) in [5.74, 6) is 6.13. The van der Waals surface area contributed by atoms with Crippen molar-refractivity contribution in [3.63, 3.8) is 0 Å². The van der Waals surface area contributed by atoms with E-state index in [0.717, 1.165) is 12.5 Å². The Morgan fingerprint density at radius 3 is 2.00 bits per heavy atom. The molecule has 0 aromatic carbocycles. The second-order valence-electron chi connectivity index (χ2n) is 5.28. The summed E-state index contributed by atoms with van der Waals surface area (Å²) in [6, 6.07) is 0.987. The zero-order valence-corrected chi connectivity index (χ0v) is 13.6. The SMILES string of the molecule is C=CCC(C#CC)O[Si](CC=C)(C(C)C)C(C)C. The van der Waals surface area contributed by atoms with E-state index in [9.17, 15) is 0 Å². The van der Waals surface area contributed by atoms with Crippen LogP contribution in [0.5, 0.6) is 0 Å². The quantitative estimate of drug-likeness (QED) is 0.343.